The number of alkyl halides is 3. The molecule has 0 radical (unpaired) electrons. The van der Waals surface area contributed by atoms with Gasteiger partial charge in [0.1, 0.15) is 17.8 Å². The number of rotatable bonds is 10. The third kappa shape index (κ3) is 7.16. The number of ether oxygens (including phenoxy) is 2. The third-order valence-electron chi connectivity index (χ3n) is 4.45. The van der Waals surface area contributed by atoms with Gasteiger partial charge >= 0.3 is 19.9 Å². The highest BCUT2D eigenvalue weighted by molar-refractivity contribution is 7.71. The summed E-state index contributed by atoms with van der Waals surface area (Å²) in [6.45, 7) is -3.94. The number of halogens is 3. The summed E-state index contributed by atoms with van der Waals surface area (Å²) in [4.78, 5) is 34.7. The lowest BCUT2D eigenvalue weighted by molar-refractivity contribution is -0.175. The van der Waals surface area contributed by atoms with Gasteiger partial charge in [0.25, 0.3) is 5.56 Å². The predicted octanol–water partition coefficient (Wildman–Crippen LogP) is -0.258. The van der Waals surface area contributed by atoms with E-state index in [1.165, 1.54) is 5.32 Å². The average molecular weight is 539 g/mol. The van der Waals surface area contributed by atoms with Gasteiger partial charge in [0, 0.05) is 19.4 Å². The van der Waals surface area contributed by atoms with Crippen molar-refractivity contribution >= 4 is 25.9 Å². The molecule has 0 aliphatic carbocycles. The number of aromatic nitrogens is 2. The molecule has 2 heterocycles. The van der Waals surface area contributed by atoms with Gasteiger partial charge in [-0.15, -0.1) is 0 Å². The van der Waals surface area contributed by atoms with Gasteiger partial charge in [0.05, 0.1) is 28.6 Å². The molecule has 1 aromatic heterocycles. The molecule has 1 saturated heterocycles. The number of aromatic amines is 1. The molecule has 1 fully saturated rings. The second-order valence-electron chi connectivity index (χ2n) is 7.19. The van der Waals surface area contributed by atoms with Crippen LogP contribution in [0.15, 0.2) is 17.1 Å². The number of amides is 1. The molecule has 2 unspecified atom stereocenters. The first-order valence-electron chi connectivity index (χ1n) is 10.2. The van der Waals surface area contributed by atoms with Gasteiger partial charge in [-0.25, -0.2) is 4.57 Å². The summed E-state index contributed by atoms with van der Waals surface area (Å²) in [6.07, 6.45) is -9.98. The molecule has 18 heteroatoms. The molecule has 6 atom stereocenters. The van der Waals surface area contributed by atoms with Gasteiger partial charge in [-0.1, -0.05) is 0 Å². The molecule has 2 rings (SSSR count). The number of nitrogens with zero attached hydrogens (tertiary/aromatic N) is 1. The van der Waals surface area contributed by atoms with Crippen molar-refractivity contribution in [1.82, 2.24) is 14.9 Å². The number of phosphoric ester groups is 1. The van der Waals surface area contributed by atoms with Crippen LogP contribution in [-0.4, -0.2) is 87.5 Å². The SMILES string of the molecule is [2H]C([2H])(OP(=O)(O)OC[C@@H](COC)NC(=O)C(F)(F)F)[C@H]1O[C@@H](n2ccc(=O)[nH]c2=S)C(C)(O)[C@H]1O. The van der Waals surface area contributed by atoms with Crippen molar-refractivity contribution in [1.29, 1.82) is 0 Å². The van der Waals surface area contributed by atoms with Crippen LogP contribution in [-0.2, 0) is 27.9 Å². The molecular weight excluding hydrogens is 514 g/mol. The van der Waals surface area contributed by atoms with Crippen LogP contribution >= 0.6 is 20.0 Å². The third-order valence-corrected chi connectivity index (χ3v) is 5.57. The van der Waals surface area contributed by atoms with Crippen molar-refractivity contribution in [3.63, 3.8) is 0 Å². The number of methoxy groups -OCH3 is 1. The number of H-pyrrole nitrogens is 1. The lowest BCUT2D eigenvalue weighted by Gasteiger charge is -2.28. The lowest BCUT2D eigenvalue weighted by Crippen LogP contribution is -2.47. The van der Waals surface area contributed by atoms with Crippen molar-refractivity contribution in [2.24, 2.45) is 0 Å². The molecule has 1 amide bonds. The second kappa shape index (κ2) is 10.9. The Labute approximate surface area is 197 Å². The van der Waals surface area contributed by atoms with Crippen LogP contribution < -0.4 is 10.9 Å². The lowest BCUT2D eigenvalue weighted by atomic mass is 9.96. The fraction of sp³-hybridized carbons (Fsp3) is 0.688. The monoisotopic (exact) mass is 539 g/mol. The molecule has 1 aliphatic rings. The number of aliphatic hydroxyl groups excluding tert-OH is 1. The molecule has 13 nitrogen and oxygen atoms in total. The largest absolute Gasteiger partial charge is 0.472 e. The molecular formula is C16H23F3N3O10PS. The van der Waals surface area contributed by atoms with E-state index in [2.05, 4.69) is 18.8 Å². The summed E-state index contributed by atoms with van der Waals surface area (Å²) in [5, 5.41) is 22.7. The zero-order valence-electron chi connectivity index (χ0n) is 19.5. The first-order valence-corrected chi connectivity index (χ1v) is 11.1. The Balaban J connectivity index is 2.17. The highest BCUT2D eigenvalue weighted by Crippen LogP contribution is 2.45. The minimum absolute atomic E-state index is 0.261. The maximum atomic E-state index is 12.5. The topological polar surface area (TPSA) is 182 Å². The van der Waals surface area contributed by atoms with Gasteiger partial charge < -0.3 is 29.9 Å². The Kier molecular flexibility index (Phi) is 8.16. The highest BCUT2D eigenvalue weighted by atomic mass is 32.1. The Bertz CT molecular complexity index is 1120. The zero-order chi connectivity index (χ0) is 27.7. The fourth-order valence-electron chi connectivity index (χ4n) is 2.78. The van der Waals surface area contributed by atoms with Gasteiger partial charge in [-0.3, -0.25) is 28.2 Å². The standard InChI is InChI=1S/C16H23F3N3O10PS/c1-15(26)11(24)9(32-13(15)22-4-3-10(23)21-14(22)34)7-31-33(27,28)30-6-8(5-29-2)20-12(25)16(17,18)19/h3-4,8-9,11,13,24,26H,5-7H2,1-2H3,(H,20,25)(H,27,28)(H,21,23,34)/t8-,9-,11+,13-,15?/m1/s1/i7D2. The summed E-state index contributed by atoms with van der Waals surface area (Å²) in [7, 11) is -4.35. The van der Waals surface area contributed by atoms with Crippen molar-refractivity contribution in [3.8, 4) is 0 Å². The van der Waals surface area contributed by atoms with Crippen molar-refractivity contribution < 1.29 is 58.9 Å². The van der Waals surface area contributed by atoms with Crippen LogP contribution in [0.1, 0.15) is 15.9 Å². The van der Waals surface area contributed by atoms with E-state index in [4.69, 9.17) is 19.7 Å². The van der Waals surface area contributed by atoms with Crippen LogP contribution in [0.2, 0.25) is 0 Å². The van der Waals surface area contributed by atoms with E-state index >= 15 is 0 Å². The molecule has 0 aromatic carbocycles. The maximum absolute atomic E-state index is 12.5. The van der Waals surface area contributed by atoms with Gasteiger partial charge in [-0.05, 0) is 19.1 Å². The fourth-order valence-corrected chi connectivity index (χ4v) is 3.70. The molecule has 194 valence electrons. The van der Waals surface area contributed by atoms with Crippen LogP contribution in [0.3, 0.4) is 0 Å². The predicted molar refractivity (Wildman–Crippen MR) is 108 cm³/mol. The molecule has 34 heavy (non-hydrogen) atoms. The first kappa shape index (κ1) is 25.4. The second-order valence-corrected chi connectivity index (χ2v) is 8.96. The smallest absolute Gasteiger partial charge is 0.387 e. The van der Waals surface area contributed by atoms with E-state index in [1.807, 2.05) is 0 Å². The van der Waals surface area contributed by atoms with Crippen molar-refractivity contribution in [3.05, 3.63) is 27.4 Å². The van der Waals surface area contributed by atoms with Gasteiger partial charge in [0.2, 0.25) is 0 Å². The molecule has 0 bridgehead atoms. The molecule has 5 N–H and O–H groups in total. The highest BCUT2D eigenvalue weighted by Gasteiger charge is 2.53. The first-order chi connectivity index (χ1) is 16.3. The number of hydrogen-bond donors (Lipinski definition) is 5. The zero-order valence-corrected chi connectivity index (χ0v) is 19.2. The minimum Gasteiger partial charge on any atom is -0.387 e. The van der Waals surface area contributed by atoms with Crippen LogP contribution in [0, 0.1) is 4.77 Å². The van der Waals surface area contributed by atoms with Gasteiger partial charge in [0.15, 0.2) is 11.0 Å². The maximum Gasteiger partial charge on any atom is 0.472 e. The number of aliphatic hydroxyl groups is 2. The summed E-state index contributed by atoms with van der Waals surface area (Å²) < 4.78 is 85.3. The Morgan fingerprint density at radius 2 is 2.15 bits per heavy atom. The van der Waals surface area contributed by atoms with Crippen LogP contribution in [0.4, 0.5) is 13.2 Å². The summed E-state index contributed by atoms with van der Waals surface area (Å²) in [5.74, 6) is -2.38. The molecule has 0 spiro atoms. The van der Waals surface area contributed by atoms with Crippen LogP contribution in [0.25, 0.3) is 0 Å². The van der Waals surface area contributed by atoms with E-state index in [0.29, 0.717) is 0 Å². The number of nitrogens with one attached hydrogen (secondary N) is 2. The van der Waals surface area contributed by atoms with Crippen molar-refractivity contribution in [2.45, 2.75) is 43.2 Å². The normalized spacial score (nSPS) is 29.1. The summed E-state index contributed by atoms with van der Waals surface area (Å²) in [6, 6.07) is -0.580. The van der Waals surface area contributed by atoms with E-state index in [0.717, 1.165) is 30.9 Å². The Morgan fingerprint density at radius 3 is 2.71 bits per heavy atom. The molecule has 1 aromatic rings. The average Bonchev–Trinajstić information content (AvgIpc) is 2.95. The number of phosphoric acid groups is 1. The molecule has 1 aliphatic heterocycles. The van der Waals surface area contributed by atoms with E-state index < -0.39 is 75.3 Å². The number of carbonyl (C=O) groups is 1. The Morgan fingerprint density at radius 1 is 1.50 bits per heavy atom. The number of hydrogen-bond acceptors (Lipinski definition) is 10. The Hall–Kier alpha value is -1.69. The number of carbonyl (C=O) groups excluding carboxylic acids is 1. The van der Waals surface area contributed by atoms with E-state index in [-0.39, 0.29) is 4.77 Å². The summed E-state index contributed by atoms with van der Waals surface area (Å²) in [5.41, 5.74) is -2.86. The van der Waals surface area contributed by atoms with Crippen molar-refractivity contribution in [2.75, 3.05) is 26.9 Å². The van der Waals surface area contributed by atoms with Gasteiger partial charge in [-0.2, -0.15) is 13.2 Å². The quantitative estimate of drug-likeness (QED) is 0.195. The van der Waals surface area contributed by atoms with E-state index in [9.17, 15) is 42.4 Å². The van der Waals surface area contributed by atoms with E-state index in [1.54, 1.807) is 0 Å². The van der Waals surface area contributed by atoms with Crippen LogP contribution in [0.5, 0.6) is 0 Å². The minimum atomic E-state index is -5.41. The summed E-state index contributed by atoms with van der Waals surface area (Å²) >= 11 is 4.96. The molecule has 0 saturated carbocycles.